The topological polar surface area (TPSA) is 394 Å². The molecule has 0 bridgehead atoms. The molecule has 0 radical (unpaired) electrons. The number of hydrogen-bond acceptors (Lipinski definition) is 18. The second kappa shape index (κ2) is 36.9. The number of para-hydroxylation sites is 1. The van der Waals surface area contributed by atoms with Crippen LogP contribution in [-0.4, -0.2) is 180 Å². The summed E-state index contributed by atoms with van der Waals surface area (Å²) in [4.78, 5) is 147. The summed E-state index contributed by atoms with van der Waals surface area (Å²) in [6, 6.07) is 28.2. The number of rotatable bonds is 23. The number of carboxylic acid groups (broad SMARTS) is 1. The number of H-pyrrole nitrogens is 1. The van der Waals surface area contributed by atoms with Crippen molar-refractivity contribution in [1.29, 1.82) is 0 Å². The van der Waals surface area contributed by atoms with E-state index in [1.54, 1.807) is 72.0 Å². The summed E-state index contributed by atoms with van der Waals surface area (Å²) in [7, 11) is 1.74. The van der Waals surface area contributed by atoms with Gasteiger partial charge in [-0.3, -0.25) is 33.6 Å². The van der Waals surface area contributed by atoms with Crippen LogP contribution in [0.15, 0.2) is 146 Å². The summed E-state index contributed by atoms with van der Waals surface area (Å²) in [6.07, 6.45) is -3.74. The molecule has 10 atom stereocenters. The number of ether oxygens (including phenoxy) is 2. The number of amides is 9. The number of carbonyl (C=O) groups is 10. The van der Waals surface area contributed by atoms with Crippen LogP contribution in [0.3, 0.4) is 0 Å². The van der Waals surface area contributed by atoms with Crippen molar-refractivity contribution in [2.24, 2.45) is 0 Å². The van der Waals surface area contributed by atoms with Gasteiger partial charge >= 0.3 is 18.2 Å². The van der Waals surface area contributed by atoms with Gasteiger partial charge in [0.05, 0.1) is 17.0 Å². The lowest BCUT2D eigenvalue weighted by Gasteiger charge is -2.36. The lowest BCUT2D eigenvalue weighted by molar-refractivity contribution is -0.145. The summed E-state index contributed by atoms with van der Waals surface area (Å²) in [5.74, 6) is -9.81. The second-order valence-corrected chi connectivity index (χ2v) is 30.1. The SMILES string of the molecule is C[C@@H](O)[C@H](NC(=O)[C@@H]1CSSC[C@H](NC(=O)[C@@H](CSC(c2ccccc2)(c2ccccc2)c2ccccc2)NC(=O)OC(C)(C)C)C(=O)N[C@@H](Cc2ccc(O)cc2)C(=O)N[C@H](Cc2c[nH]c3ccccc23)C(=O)N[C@@H](CCCCNC(=O)OC(C)(C)C)C(=O)N[C@@H]([C@@H](C)O)C(=O)N1)C(=O)O. The number of phenolic OH excluding ortho intramolecular Hbond substituents is 1. The maximum Gasteiger partial charge on any atom is 0.408 e. The van der Waals surface area contributed by atoms with Crippen molar-refractivity contribution in [2.75, 3.05) is 23.8 Å². The summed E-state index contributed by atoms with van der Waals surface area (Å²) in [5.41, 5.74) is 2.23. The van der Waals surface area contributed by atoms with Crippen molar-refractivity contribution < 1.29 is 77.8 Å². The van der Waals surface area contributed by atoms with Gasteiger partial charge in [0.2, 0.25) is 41.4 Å². The summed E-state index contributed by atoms with van der Waals surface area (Å²) >= 11 is 1.32. The molecule has 6 aromatic rings. The van der Waals surface area contributed by atoms with Gasteiger partial charge in [-0.05, 0) is 121 Å². The Morgan fingerprint density at radius 1 is 0.604 bits per heavy atom. The van der Waals surface area contributed by atoms with Crippen molar-refractivity contribution in [2.45, 2.75) is 164 Å². The Morgan fingerprint density at radius 2 is 1.13 bits per heavy atom. The van der Waals surface area contributed by atoms with Crippen molar-refractivity contribution in [3.63, 3.8) is 0 Å². The first kappa shape index (κ1) is 79.0. The molecular weight excluding hydrogens is 1360 g/mol. The van der Waals surface area contributed by atoms with Crippen LogP contribution in [0.4, 0.5) is 9.59 Å². The van der Waals surface area contributed by atoms with Gasteiger partial charge in [-0.25, -0.2) is 14.4 Å². The fourth-order valence-electron chi connectivity index (χ4n) is 10.9. The van der Waals surface area contributed by atoms with Gasteiger partial charge in [0.1, 0.15) is 59.2 Å². The molecule has 101 heavy (non-hydrogen) atoms. The molecule has 14 N–H and O–H groups in total. The lowest BCUT2D eigenvalue weighted by atomic mass is 9.84. The Morgan fingerprint density at radius 3 is 1.69 bits per heavy atom. The number of benzene rings is 5. The number of unbranched alkanes of at least 4 members (excludes halogenated alkanes) is 1. The summed E-state index contributed by atoms with van der Waals surface area (Å²) < 4.78 is 10.0. The highest BCUT2D eigenvalue weighted by atomic mass is 33.1. The Bertz CT molecular complexity index is 3700. The number of carbonyl (C=O) groups excluding carboxylic acids is 9. The van der Waals surface area contributed by atoms with E-state index in [4.69, 9.17) is 9.47 Å². The molecule has 0 aliphatic carbocycles. The maximum absolute atomic E-state index is 15.5. The summed E-state index contributed by atoms with van der Waals surface area (Å²) in [6.45, 7) is 12.3. The first-order valence-corrected chi connectivity index (χ1v) is 36.4. The first-order chi connectivity index (χ1) is 47.9. The zero-order chi connectivity index (χ0) is 73.6. The van der Waals surface area contributed by atoms with Crippen LogP contribution in [0.25, 0.3) is 10.9 Å². The number of thioether (sulfide) groups is 1. The molecule has 1 aromatic heterocycles. The normalized spacial score (nSPS) is 19.8. The van der Waals surface area contributed by atoms with E-state index >= 15 is 19.2 Å². The number of fused-ring (bicyclic) bond motifs is 1. The highest BCUT2D eigenvalue weighted by molar-refractivity contribution is 8.76. The van der Waals surface area contributed by atoms with E-state index in [0.717, 1.165) is 45.2 Å². The van der Waals surface area contributed by atoms with E-state index in [1.807, 2.05) is 91.0 Å². The number of aliphatic hydroxyl groups is 2. The van der Waals surface area contributed by atoms with Gasteiger partial charge in [0.25, 0.3) is 0 Å². The smallest absolute Gasteiger partial charge is 0.408 e. The van der Waals surface area contributed by atoms with Crippen LogP contribution < -0.4 is 47.9 Å². The fourth-order valence-corrected chi connectivity index (χ4v) is 14.8. The van der Waals surface area contributed by atoms with E-state index < -0.39 is 148 Å². The first-order valence-electron chi connectivity index (χ1n) is 33.0. The molecule has 1 fully saturated rings. The zero-order valence-electron chi connectivity index (χ0n) is 57.4. The minimum Gasteiger partial charge on any atom is -0.508 e. The van der Waals surface area contributed by atoms with Gasteiger partial charge in [0.15, 0.2) is 6.04 Å². The average molecular weight is 1450 g/mol. The van der Waals surface area contributed by atoms with Crippen molar-refractivity contribution >= 4 is 104 Å². The number of alkyl carbamates (subject to hydrolysis) is 2. The Hall–Kier alpha value is -9.29. The molecule has 9 amide bonds. The molecular formula is C72H90N10O16S3. The number of carboxylic acids is 1. The number of aromatic amines is 1. The minimum atomic E-state index is -1.90. The highest BCUT2D eigenvalue weighted by Crippen LogP contribution is 2.48. The lowest BCUT2D eigenvalue weighted by Crippen LogP contribution is -2.62. The molecule has 0 spiro atoms. The summed E-state index contributed by atoms with van der Waals surface area (Å²) in [5, 5.41) is 66.5. The third-order valence-electron chi connectivity index (χ3n) is 15.9. The maximum atomic E-state index is 15.5. The van der Waals surface area contributed by atoms with Crippen molar-refractivity contribution in [3.8, 4) is 5.75 Å². The average Bonchev–Trinajstić information content (AvgIpc) is 1.14. The van der Waals surface area contributed by atoms with E-state index in [1.165, 1.54) is 43.0 Å². The van der Waals surface area contributed by atoms with Crippen LogP contribution in [0, 0.1) is 0 Å². The Kier molecular flexibility index (Phi) is 28.9. The van der Waals surface area contributed by atoms with Crippen molar-refractivity contribution in [3.05, 3.63) is 174 Å². The molecule has 0 saturated carbocycles. The molecule has 2 heterocycles. The number of nitrogens with one attached hydrogen (secondary N) is 10. The molecule has 1 aliphatic rings. The van der Waals surface area contributed by atoms with Crippen LogP contribution >= 0.6 is 33.3 Å². The highest BCUT2D eigenvalue weighted by Gasteiger charge is 2.41. The molecule has 0 unspecified atom stereocenters. The van der Waals surface area contributed by atoms with Gasteiger partial charge in [-0.15, -0.1) is 11.8 Å². The molecule has 29 heteroatoms. The van der Waals surface area contributed by atoms with Gasteiger partial charge < -0.3 is 82.7 Å². The van der Waals surface area contributed by atoms with E-state index in [-0.39, 0.29) is 50.2 Å². The molecule has 1 saturated heterocycles. The van der Waals surface area contributed by atoms with Crippen molar-refractivity contribution in [1.82, 2.24) is 52.8 Å². The minimum absolute atomic E-state index is 0.0624. The van der Waals surface area contributed by atoms with Crippen LogP contribution in [0.5, 0.6) is 5.75 Å². The Labute approximate surface area is 598 Å². The van der Waals surface area contributed by atoms with E-state index in [2.05, 4.69) is 52.8 Å². The van der Waals surface area contributed by atoms with Gasteiger partial charge in [-0.1, -0.05) is 143 Å². The largest absolute Gasteiger partial charge is 0.508 e. The third-order valence-corrected chi connectivity index (χ3v) is 20.0. The number of aliphatic carboxylic acids is 1. The Balaban J connectivity index is 1.33. The fraction of sp³-hybridized carbons (Fsp3) is 0.417. The van der Waals surface area contributed by atoms with Gasteiger partial charge in [-0.2, -0.15) is 0 Å². The molecule has 1 aliphatic heterocycles. The number of aliphatic hydroxyl groups excluding tert-OH is 2. The molecule has 7 rings (SSSR count). The monoisotopic (exact) mass is 1450 g/mol. The van der Waals surface area contributed by atoms with Crippen LogP contribution in [0.2, 0.25) is 0 Å². The quantitative estimate of drug-likeness (QED) is 0.0211. The van der Waals surface area contributed by atoms with E-state index in [9.17, 15) is 49.2 Å². The number of hydrogen-bond donors (Lipinski definition) is 14. The van der Waals surface area contributed by atoms with E-state index in [0.29, 0.717) is 22.0 Å². The predicted octanol–water partition coefficient (Wildman–Crippen LogP) is 5.61. The van der Waals surface area contributed by atoms with Crippen LogP contribution in [-0.2, 0) is 65.4 Å². The predicted molar refractivity (Wildman–Crippen MR) is 386 cm³/mol. The molecule has 5 aromatic carbocycles. The number of aromatic hydroxyl groups is 1. The standard InChI is InChI=1S/C72H90N10O16S3/c1-42(83)58-66(92)79-57(65(91)82-59(43(2)84)67(93)94)41-101-100-40-56(78-63(89)55(80-69(96)98-71(6,7)8)39-99-72(46-22-12-9-13-23-46,47-24-14-10-15-25-47)48-26-16-11-17-27-48)64(90)76-53(36-44-31-33-49(85)34-32-44)61(87)77-54(37-45-38-74-51-29-19-18-28-50(45)51)62(88)75-52(60(86)81-58)30-20-21-35-73-68(95)97-70(3,4)5/h9-19,22-29,31-34,38,42-43,52-59,74,83-85H,20-21,30,35-37,39-41H2,1-8H3,(H,73,95)(H,75,88)(H,76,90)(H,77,87)(H,78,89)(H,79,92)(H,80,96)(H,81,86)(H,82,91)(H,93,94)/t42-,43-,52+,53+,54-,55-,56+,57+,58+,59+/m1/s1. The molecule has 26 nitrogen and oxygen atoms in total. The zero-order valence-corrected chi connectivity index (χ0v) is 59.9. The number of phenols is 1. The third kappa shape index (κ3) is 23.7. The van der Waals surface area contributed by atoms with Crippen LogP contribution in [0.1, 0.15) is 102 Å². The van der Waals surface area contributed by atoms with Gasteiger partial charge in [0, 0.05) is 53.7 Å². The second-order valence-electron chi connectivity index (χ2n) is 26.3. The molecule has 542 valence electrons. The number of aromatic nitrogens is 1.